The van der Waals surface area contributed by atoms with Crippen molar-refractivity contribution in [3.05, 3.63) is 24.0 Å². The maximum Gasteiger partial charge on any atom is 0.407 e. The molecular formula is C16H27F2N3O2. The topological polar surface area (TPSA) is 55.3 Å². The summed E-state index contributed by atoms with van der Waals surface area (Å²) in [5, 5.41) is 4.83. The molecule has 0 aromatic carbocycles. The van der Waals surface area contributed by atoms with Gasteiger partial charge in [0.2, 0.25) is 0 Å². The third-order valence-electron chi connectivity index (χ3n) is 2.97. The minimum absolute atomic E-state index is 0.356. The van der Waals surface area contributed by atoms with Crippen LogP contribution in [-0.2, 0) is 17.8 Å². The van der Waals surface area contributed by atoms with Gasteiger partial charge >= 0.3 is 6.09 Å². The zero-order valence-corrected chi connectivity index (χ0v) is 14.3. The van der Waals surface area contributed by atoms with Gasteiger partial charge in [0.1, 0.15) is 5.60 Å². The molecule has 1 rings (SSSR count). The van der Waals surface area contributed by atoms with Crippen LogP contribution in [0.2, 0.25) is 0 Å². The molecule has 0 atom stereocenters. The highest BCUT2D eigenvalue weighted by Crippen LogP contribution is 2.12. The van der Waals surface area contributed by atoms with Crippen molar-refractivity contribution in [1.82, 2.24) is 15.2 Å². The first-order chi connectivity index (χ1) is 10.6. The average molecular weight is 331 g/mol. The van der Waals surface area contributed by atoms with E-state index in [0.717, 1.165) is 18.7 Å². The van der Waals surface area contributed by atoms with Gasteiger partial charge < -0.3 is 19.9 Å². The molecule has 0 saturated heterocycles. The van der Waals surface area contributed by atoms with Gasteiger partial charge in [-0.1, -0.05) is 6.92 Å². The Kier molecular flexibility index (Phi) is 7.00. The summed E-state index contributed by atoms with van der Waals surface area (Å²) in [6.07, 6.45) is 2.08. The number of carbonyl (C=O) groups is 1. The van der Waals surface area contributed by atoms with Crippen molar-refractivity contribution >= 4 is 6.09 Å². The van der Waals surface area contributed by atoms with Crippen molar-refractivity contribution in [3.63, 3.8) is 0 Å². The van der Waals surface area contributed by atoms with Crippen molar-refractivity contribution in [2.24, 2.45) is 0 Å². The largest absolute Gasteiger partial charge is 0.444 e. The molecule has 0 spiro atoms. The molecule has 0 fully saturated rings. The molecule has 0 unspecified atom stereocenters. The number of alkyl carbamates (subject to hydrolysis) is 1. The number of rotatable bonds is 8. The van der Waals surface area contributed by atoms with E-state index in [9.17, 15) is 13.6 Å². The molecule has 0 aliphatic heterocycles. The fraction of sp³-hybridized carbons (Fsp3) is 0.688. The Morgan fingerprint density at radius 1 is 1.30 bits per heavy atom. The number of alkyl halides is 2. The summed E-state index contributed by atoms with van der Waals surface area (Å²) in [6.45, 7) is 7.04. The van der Waals surface area contributed by atoms with Crippen LogP contribution in [0.3, 0.4) is 0 Å². The quantitative estimate of drug-likeness (QED) is 0.769. The Hall–Kier alpha value is -1.63. The summed E-state index contributed by atoms with van der Waals surface area (Å²) >= 11 is 0. The highest BCUT2D eigenvalue weighted by atomic mass is 19.3. The number of hydrogen-bond donors (Lipinski definition) is 2. The smallest absolute Gasteiger partial charge is 0.407 e. The second-order valence-electron chi connectivity index (χ2n) is 6.51. The molecular weight excluding hydrogens is 304 g/mol. The van der Waals surface area contributed by atoms with E-state index < -0.39 is 30.7 Å². The number of carbonyl (C=O) groups excluding carboxylic acids is 1. The molecule has 1 aromatic rings. The number of amides is 1. The number of nitrogens with zero attached hydrogens (tertiary/aromatic N) is 1. The van der Waals surface area contributed by atoms with Crippen LogP contribution < -0.4 is 10.6 Å². The molecule has 0 aliphatic rings. The lowest BCUT2D eigenvalue weighted by atomic mass is 10.2. The first-order valence-corrected chi connectivity index (χ1v) is 7.82. The van der Waals surface area contributed by atoms with E-state index in [1.165, 1.54) is 0 Å². The van der Waals surface area contributed by atoms with Crippen molar-refractivity contribution in [3.8, 4) is 0 Å². The SMILES string of the molecule is CCCn1cccc1CNCC(F)(F)CNC(=O)OC(C)(C)C. The highest BCUT2D eigenvalue weighted by molar-refractivity contribution is 5.67. The van der Waals surface area contributed by atoms with E-state index in [-0.39, 0.29) is 0 Å². The Labute approximate surface area is 136 Å². The fourth-order valence-electron chi connectivity index (χ4n) is 2.02. The predicted molar refractivity (Wildman–Crippen MR) is 85.6 cm³/mol. The standard InChI is InChI=1S/C16H27F2N3O2/c1-5-8-21-9-6-7-13(21)10-19-11-16(17,18)12-20-14(22)23-15(2,3)4/h6-7,9,19H,5,8,10-12H2,1-4H3,(H,20,22). The molecule has 0 radical (unpaired) electrons. The highest BCUT2D eigenvalue weighted by Gasteiger charge is 2.30. The van der Waals surface area contributed by atoms with E-state index in [0.29, 0.717) is 6.54 Å². The Balaban J connectivity index is 2.35. The zero-order valence-electron chi connectivity index (χ0n) is 14.3. The van der Waals surface area contributed by atoms with E-state index in [1.807, 2.05) is 22.9 Å². The van der Waals surface area contributed by atoms with Crippen LogP contribution in [0.5, 0.6) is 0 Å². The summed E-state index contributed by atoms with van der Waals surface area (Å²) in [4.78, 5) is 11.4. The Morgan fingerprint density at radius 2 is 2.00 bits per heavy atom. The average Bonchev–Trinajstić information content (AvgIpc) is 2.83. The predicted octanol–water partition coefficient (Wildman–Crippen LogP) is 3.15. The van der Waals surface area contributed by atoms with E-state index >= 15 is 0 Å². The lowest BCUT2D eigenvalue weighted by Crippen LogP contribution is -2.44. The van der Waals surface area contributed by atoms with Gasteiger partial charge in [-0.05, 0) is 39.3 Å². The fourth-order valence-corrected chi connectivity index (χ4v) is 2.02. The van der Waals surface area contributed by atoms with Crippen LogP contribution in [0, 0.1) is 0 Å². The number of halogens is 2. The molecule has 7 heteroatoms. The maximum atomic E-state index is 13.8. The van der Waals surface area contributed by atoms with Crippen molar-refractivity contribution in [1.29, 1.82) is 0 Å². The van der Waals surface area contributed by atoms with Crippen LogP contribution >= 0.6 is 0 Å². The number of ether oxygens (including phenoxy) is 1. The molecule has 23 heavy (non-hydrogen) atoms. The molecule has 2 N–H and O–H groups in total. The van der Waals surface area contributed by atoms with Crippen molar-refractivity contribution in [2.75, 3.05) is 13.1 Å². The number of aromatic nitrogens is 1. The zero-order chi connectivity index (χ0) is 17.5. The van der Waals surface area contributed by atoms with Gasteiger partial charge in [0.15, 0.2) is 0 Å². The minimum atomic E-state index is -3.04. The second-order valence-corrected chi connectivity index (χ2v) is 6.51. The lowest BCUT2D eigenvalue weighted by molar-refractivity contribution is -0.00386. The molecule has 0 aliphatic carbocycles. The Morgan fingerprint density at radius 3 is 2.61 bits per heavy atom. The van der Waals surface area contributed by atoms with Crippen LogP contribution in [0.25, 0.3) is 0 Å². The first-order valence-electron chi connectivity index (χ1n) is 7.82. The summed E-state index contributed by atoms with van der Waals surface area (Å²) in [5.41, 5.74) is 0.255. The molecule has 5 nitrogen and oxygen atoms in total. The van der Waals surface area contributed by atoms with Gasteiger partial charge in [0, 0.05) is 25.0 Å². The van der Waals surface area contributed by atoms with Crippen LogP contribution in [0.15, 0.2) is 18.3 Å². The summed E-state index contributed by atoms with van der Waals surface area (Å²) in [6, 6.07) is 3.80. The van der Waals surface area contributed by atoms with Crippen LogP contribution in [0.1, 0.15) is 39.8 Å². The molecule has 1 heterocycles. The molecule has 1 amide bonds. The number of nitrogens with one attached hydrogen (secondary N) is 2. The van der Waals surface area contributed by atoms with Gasteiger partial charge in [-0.15, -0.1) is 0 Å². The minimum Gasteiger partial charge on any atom is -0.444 e. The van der Waals surface area contributed by atoms with Crippen LogP contribution in [-0.4, -0.2) is 35.3 Å². The van der Waals surface area contributed by atoms with Gasteiger partial charge in [-0.3, -0.25) is 0 Å². The number of aryl methyl sites for hydroxylation is 1. The summed E-state index contributed by atoms with van der Waals surface area (Å²) < 4.78 is 34.5. The number of hydrogen-bond acceptors (Lipinski definition) is 3. The third kappa shape index (κ3) is 7.97. The maximum absolute atomic E-state index is 13.8. The van der Waals surface area contributed by atoms with Gasteiger partial charge in [-0.25, -0.2) is 13.6 Å². The third-order valence-corrected chi connectivity index (χ3v) is 2.97. The lowest BCUT2D eigenvalue weighted by Gasteiger charge is -2.22. The second kappa shape index (κ2) is 8.29. The van der Waals surface area contributed by atoms with Gasteiger partial charge in [0.25, 0.3) is 5.92 Å². The van der Waals surface area contributed by atoms with E-state index in [1.54, 1.807) is 20.8 Å². The van der Waals surface area contributed by atoms with E-state index in [4.69, 9.17) is 4.74 Å². The monoisotopic (exact) mass is 331 g/mol. The van der Waals surface area contributed by atoms with Gasteiger partial charge in [-0.2, -0.15) is 0 Å². The molecule has 132 valence electrons. The van der Waals surface area contributed by atoms with Crippen molar-refractivity contribution < 1.29 is 18.3 Å². The molecule has 0 saturated carbocycles. The Bertz CT molecular complexity index is 496. The molecule has 1 aromatic heterocycles. The molecule has 0 bridgehead atoms. The van der Waals surface area contributed by atoms with Crippen LogP contribution in [0.4, 0.5) is 13.6 Å². The summed E-state index contributed by atoms with van der Waals surface area (Å²) in [5.74, 6) is -3.04. The summed E-state index contributed by atoms with van der Waals surface area (Å²) in [7, 11) is 0. The van der Waals surface area contributed by atoms with Crippen molar-refractivity contribution in [2.45, 2.75) is 58.7 Å². The van der Waals surface area contributed by atoms with E-state index in [2.05, 4.69) is 17.6 Å². The normalized spacial score (nSPS) is 12.3. The van der Waals surface area contributed by atoms with Gasteiger partial charge in [0.05, 0.1) is 13.1 Å². The first kappa shape index (κ1) is 19.4.